The molecule has 2 fully saturated rings. The Labute approximate surface area is 258 Å². The highest BCUT2D eigenvalue weighted by atomic mass is 32.2. The third kappa shape index (κ3) is 9.91. The summed E-state index contributed by atoms with van der Waals surface area (Å²) in [5.74, 6) is -1.79. The molecule has 4 N–H and O–H groups in total. The first-order valence-corrected chi connectivity index (χ1v) is 16.1. The van der Waals surface area contributed by atoms with Gasteiger partial charge in [-0.2, -0.15) is 26.9 Å². The number of amides is 3. The van der Waals surface area contributed by atoms with Crippen LogP contribution >= 0.6 is 0 Å². The lowest BCUT2D eigenvalue weighted by Crippen LogP contribution is -2.57. The van der Waals surface area contributed by atoms with Gasteiger partial charge in [-0.3, -0.25) is 9.35 Å². The minimum atomic E-state index is -4.78. The van der Waals surface area contributed by atoms with Crippen molar-refractivity contribution in [3.8, 4) is 6.07 Å². The quantitative estimate of drug-likeness (QED) is 0.248. The Balaban J connectivity index is 1.30. The number of nitrogens with zero attached hydrogens (tertiary/aromatic N) is 5. The van der Waals surface area contributed by atoms with Crippen LogP contribution in [0.3, 0.4) is 0 Å². The van der Waals surface area contributed by atoms with E-state index in [9.17, 15) is 31.2 Å². The zero-order valence-electron chi connectivity index (χ0n) is 24.4. The van der Waals surface area contributed by atoms with Crippen LogP contribution in [-0.4, -0.2) is 85.9 Å². The van der Waals surface area contributed by atoms with Crippen LogP contribution in [0.4, 0.5) is 29.6 Å². The Morgan fingerprint density at radius 3 is 2.24 bits per heavy atom. The molecule has 1 aromatic heterocycles. The summed E-state index contributed by atoms with van der Waals surface area (Å²) in [4.78, 5) is 35.6. The Morgan fingerprint density at radius 1 is 0.978 bits per heavy atom. The van der Waals surface area contributed by atoms with Crippen LogP contribution in [0.2, 0.25) is 0 Å². The van der Waals surface area contributed by atoms with E-state index in [1.807, 2.05) is 6.07 Å². The lowest BCUT2D eigenvalue weighted by molar-refractivity contribution is -0.144. The van der Waals surface area contributed by atoms with E-state index in [2.05, 4.69) is 25.9 Å². The van der Waals surface area contributed by atoms with Crippen molar-refractivity contribution in [1.82, 2.24) is 25.9 Å². The molecule has 2 aliphatic heterocycles. The van der Waals surface area contributed by atoms with Gasteiger partial charge in [0.1, 0.15) is 17.7 Å². The topological polar surface area (TPSA) is 181 Å². The van der Waals surface area contributed by atoms with Crippen LogP contribution in [0.1, 0.15) is 42.6 Å². The molecule has 1 aromatic carbocycles. The molecular weight excluding hydrogens is 617 g/mol. The third-order valence-electron chi connectivity index (χ3n) is 7.79. The highest BCUT2D eigenvalue weighted by Gasteiger charge is 2.40. The summed E-state index contributed by atoms with van der Waals surface area (Å²) in [7, 11) is -4.17. The highest BCUT2D eigenvalue weighted by molar-refractivity contribution is 7.85. The van der Waals surface area contributed by atoms with Gasteiger partial charge in [-0.15, -0.1) is 0 Å². The number of benzene rings is 1. The SMILES string of the molecule is N#Cc1ccc(CCNC(=O)[C@@H]2CCN2c2cc(N3CCC(CCNC(=O)NCCS(=O)(=O)O)CC3)nc(C(F)(F)F)n2)cc1. The van der Waals surface area contributed by atoms with Crippen molar-refractivity contribution in [2.45, 2.75) is 44.3 Å². The van der Waals surface area contributed by atoms with Crippen molar-refractivity contribution in [1.29, 1.82) is 5.26 Å². The summed E-state index contributed by atoms with van der Waals surface area (Å²) >= 11 is 0. The molecule has 3 amide bonds. The van der Waals surface area contributed by atoms with Gasteiger partial charge in [0.25, 0.3) is 10.1 Å². The Bertz CT molecular complexity index is 1490. The Morgan fingerprint density at radius 2 is 1.64 bits per heavy atom. The first kappa shape index (κ1) is 33.7. The van der Waals surface area contributed by atoms with Crippen LogP contribution in [0, 0.1) is 17.2 Å². The third-order valence-corrected chi connectivity index (χ3v) is 8.51. The van der Waals surface area contributed by atoms with Crippen molar-refractivity contribution in [2.24, 2.45) is 5.92 Å². The van der Waals surface area contributed by atoms with Crippen LogP contribution in [0.25, 0.3) is 0 Å². The van der Waals surface area contributed by atoms with E-state index in [-0.39, 0.29) is 30.0 Å². The van der Waals surface area contributed by atoms with Crippen LogP contribution in [0.15, 0.2) is 30.3 Å². The first-order chi connectivity index (χ1) is 21.3. The number of hydrogen-bond acceptors (Lipinski definition) is 9. The molecule has 2 aromatic rings. The van der Waals surface area contributed by atoms with E-state index in [1.54, 1.807) is 34.1 Å². The monoisotopic (exact) mass is 652 g/mol. The number of nitrogens with one attached hydrogen (secondary N) is 3. The van der Waals surface area contributed by atoms with E-state index >= 15 is 0 Å². The second kappa shape index (κ2) is 14.7. The molecule has 0 saturated carbocycles. The lowest BCUT2D eigenvalue weighted by atomic mass is 9.93. The van der Waals surface area contributed by atoms with Crippen LogP contribution < -0.4 is 25.8 Å². The van der Waals surface area contributed by atoms with Gasteiger partial charge >= 0.3 is 12.2 Å². The predicted molar refractivity (Wildman–Crippen MR) is 158 cm³/mol. The number of carbonyl (C=O) groups excluding carboxylic acids is 2. The van der Waals surface area contributed by atoms with Gasteiger partial charge in [0.05, 0.1) is 17.4 Å². The summed E-state index contributed by atoms with van der Waals surface area (Å²) < 4.78 is 71.5. The van der Waals surface area contributed by atoms with E-state index in [1.165, 1.54) is 6.07 Å². The van der Waals surface area contributed by atoms with Gasteiger partial charge in [0.15, 0.2) is 0 Å². The zero-order chi connectivity index (χ0) is 32.6. The minimum Gasteiger partial charge on any atom is -0.356 e. The maximum absolute atomic E-state index is 13.8. The molecule has 2 aliphatic rings. The Hall–Kier alpha value is -4.17. The smallest absolute Gasteiger partial charge is 0.356 e. The second-order valence-corrected chi connectivity index (χ2v) is 12.5. The standard InChI is InChI=1S/C28H35F3N8O5S/c29-28(30,31)26-36-23(38-13-7-20(8-14-38)6-11-34-27(41)35-12-16-45(42,43)44)17-24(37-26)39-15-9-22(39)25(40)33-10-5-19-1-3-21(18-32)4-2-19/h1-4,17,20,22H,5-16H2,(H,33,40)(H2,34,35,41)(H,42,43,44)/t22-/m0/s1. The molecule has 1 atom stereocenters. The van der Waals surface area contributed by atoms with E-state index in [0.717, 1.165) is 5.56 Å². The molecule has 4 rings (SSSR count). The maximum Gasteiger partial charge on any atom is 0.451 e. The number of rotatable bonds is 12. The fourth-order valence-corrected chi connectivity index (χ4v) is 5.54. The summed E-state index contributed by atoms with van der Waals surface area (Å²) in [6.45, 7) is 1.69. The number of anilines is 2. The summed E-state index contributed by atoms with van der Waals surface area (Å²) in [5.41, 5.74) is 1.47. The van der Waals surface area contributed by atoms with Gasteiger partial charge in [-0.05, 0) is 55.7 Å². The van der Waals surface area contributed by atoms with Crippen molar-refractivity contribution < 1.29 is 35.7 Å². The largest absolute Gasteiger partial charge is 0.451 e. The maximum atomic E-state index is 13.8. The second-order valence-electron chi connectivity index (χ2n) is 10.9. The Kier molecular flexibility index (Phi) is 11.0. The molecule has 17 heteroatoms. The molecule has 0 aliphatic carbocycles. The molecular formula is C28H35F3N8O5S. The van der Waals surface area contributed by atoms with Crippen molar-refractivity contribution in [2.75, 3.05) is 54.8 Å². The van der Waals surface area contributed by atoms with E-state index in [0.29, 0.717) is 70.4 Å². The average molecular weight is 653 g/mol. The minimum absolute atomic E-state index is 0.0390. The number of urea groups is 1. The van der Waals surface area contributed by atoms with Crippen molar-refractivity contribution in [3.05, 3.63) is 47.3 Å². The van der Waals surface area contributed by atoms with Crippen LogP contribution in [0.5, 0.6) is 0 Å². The number of halogens is 3. The average Bonchev–Trinajstić information content (AvgIpc) is 2.96. The molecule has 2 saturated heterocycles. The van der Waals surface area contributed by atoms with E-state index < -0.39 is 39.9 Å². The highest BCUT2D eigenvalue weighted by Crippen LogP contribution is 2.34. The summed E-state index contributed by atoms with van der Waals surface area (Å²) in [5, 5.41) is 16.7. The molecule has 0 spiro atoms. The van der Waals surface area contributed by atoms with Crippen molar-refractivity contribution >= 4 is 33.7 Å². The molecule has 0 bridgehead atoms. The summed E-state index contributed by atoms with van der Waals surface area (Å²) in [6, 6.07) is 9.32. The van der Waals surface area contributed by atoms with Gasteiger partial charge in [0, 0.05) is 45.3 Å². The predicted octanol–water partition coefficient (Wildman–Crippen LogP) is 2.10. The summed E-state index contributed by atoms with van der Waals surface area (Å²) in [6.07, 6.45) is -1.84. The molecule has 45 heavy (non-hydrogen) atoms. The number of nitriles is 1. The van der Waals surface area contributed by atoms with Crippen LogP contribution in [-0.2, 0) is 27.5 Å². The number of aromatic nitrogens is 2. The number of alkyl halides is 3. The number of piperidine rings is 1. The number of hydrogen-bond donors (Lipinski definition) is 4. The lowest BCUT2D eigenvalue weighted by Gasteiger charge is -2.41. The van der Waals surface area contributed by atoms with Gasteiger partial charge < -0.3 is 25.8 Å². The van der Waals surface area contributed by atoms with Gasteiger partial charge in [-0.1, -0.05) is 12.1 Å². The fraction of sp³-hybridized carbons (Fsp3) is 0.536. The van der Waals surface area contributed by atoms with Gasteiger partial charge in [-0.25, -0.2) is 14.8 Å². The molecule has 0 unspecified atom stereocenters. The number of carbonyl (C=O) groups is 2. The van der Waals surface area contributed by atoms with E-state index in [4.69, 9.17) is 9.81 Å². The molecule has 244 valence electrons. The molecule has 3 heterocycles. The molecule has 0 radical (unpaired) electrons. The zero-order valence-corrected chi connectivity index (χ0v) is 25.2. The first-order valence-electron chi connectivity index (χ1n) is 14.5. The fourth-order valence-electron chi connectivity index (χ4n) is 5.18. The van der Waals surface area contributed by atoms with Gasteiger partial charge in [0.2, 0.25) is 11.7 Å². The molecule has 13 nitrogen and oxygen atoms in total. The van der Waals surface area contributed by atoms with Crippen molar-refractivity contribution in [3.63, 3.8) is 0 Å². The normalized spacial score (nSPS) is 17.3.